The van der Waals surface area contributed by atoms with Gasteiger partial charge in [0.2, 0.25) is 0 Å². The van der Waals surface area contributed by atoms with Gasteiger partial charge in [-0.1, -0.05) is 23.4 Å². The molecule has 1 aromatic rings. The number of hydroxylamine groups is 1. The van der Waals surface area contributed by atoms with Crippen LogP contribution in [-0.2, 0) is 9.63 Å². The van der Waals surface area contributed by atoms with Gasteiger partial charge in [-0.25, -0.2) is 4.79 Å². The summed E-state index contributed by atoms with van der Waals surface area (Å²) in [7, 11) is 0. The molecule has 1 heterocycles. The summed E-state index contributed by atoms with van der Waals surface area (Å²) >= 11 is 0. The Morgan fingerprint density at radius 3 is 2.58 bits per heavy atom. The number of hydrogen-bond acceptors (Lipinski definition) is 5. The fourth-order valence-corrected chi connectivity index (χ4v) is 2.87. The van der Waals surface area contributed by atoms with Crippen LogP contribution in [0.1, 0.15) is 25.7 Å². The predicted octanol–water partition coefficient (Wildman–Crippen LogP) is 1.97. The number of urea groups is 1. The SMILES string of the molecule is O=C(O)C1CCC(NC(=O)N2NC=CO2)(Oc2ccccc2)CC1. The van der Waals surface area contributed by atoms with Crippen LogP contribution >= 0.6 is 0 Å². The van der Waals surface area contributed by atoms with Gasteiger partial charge >= 0.3 is 12.0 Å². The highest BCUT2D eigenvalue weighted by Gasteiger charge is 2.42. The third-order valence-corrected chi connectivity index (χ3v) is 4.14. The number of ether oxygens (including phenoxy) is 1. The van der Waals surface area contributed by atoms with Crippen LogP contribution in [0.5, 0.6) is 5.75 Å². The molecule has 3 rings (SSSR count). The summed E-state index contributed by atoms with van der Waals surface area (Å²) in [6, 6.07) is 8.62. The molecule has 1 aromatic carbocycles. The van der Waals surface area contributed by atoms with E-state index < -0.39 is 23.6 Å². The molecule has 0 radical (unpaired) electrons. The summed E-state index contributed by atoms with van der Waals surface area (Å²) in [5.74, 6) is -0.624. The molecule has 1 aliphatic heterocycles. The number of rotatable bonds is 4. The summed E-state index contributed by atoms with van der Waals surface area (Å²) in [6.45, 7) is 0. The van der Waals surface area contributed by atoms with E-state index in [0.29, 0.717) is 31.4 Å². The fourth-order valence-electron chi connectivity index (χ4n) is 2.87. The molecule has 8 heteroatoms. The molecule has 1 fully saturated rings. The molecule has 0 atom stereocenters. The van der Waals surface area contributed by atoms with Crippen LogP contribution in [0, 0.1) is 5.92 Å². The maximum atomic E-state index is 12.3. The maximum Gasteiger partial charge on any atom is 0.373 e. The van der Waals surface area contributed by atoms with Crippen molar-refractivity contribution in [2.45, 2.75) is 31.4 Å². The van der Waals surface area contributed by atoms with E-state index in [-0.39, 0.29) is 0 Å². The molecule has 24 heavy (non-hydrogen) atoms. The predicted molar refractivity (Wildman–Crippen MR) is 83.1 cm³/mol. The van der Waals surface area contributed by atoms with Crippen molar-refractivity contribution < 1.29 is 24.3 Å². The molecular formula is C16H19N3O5. The van der Waals surface area contributed by atoms with E-state index in [4.69, 9.17) is 9.57 Å². The lowest BCUT2D eigenvalue weighted by Gasteiger charge is -2.40. The lowest BCUT2D eigenvalue weighted by Crippen LogP contribution is -2.59. The number of benzene rings is 1. The first kappa shape index (κ1) is 16.0. The Morgan fingerprint density at radius 2 is 2.00 bits per heavy atom. The van der Waals surface area contributed by atoms with Crippen molar-refractivity contribution in [3.05, 3.63) is 42.8 Å². The maximum absolute atomic E-state index is 12.3. The number of carboxylic acid groups (broad SMARTS) is 1. The lowest BCUT2D eigenvalue weighted by atomic mass is 9.83. The van der Waals surface area contributed by atoms with E-state index in [0.717, 1.165) is 5.17 Å². The summed E-state index contributed by atoms with van der Waals surface area (Å²) in [4.78, 5) is 28.5. The van der Waals surface area contributed by atoms with Crippen molar-refractivity contribution in [1.29, 1.82) is 0 Å². The molecule has 8 nitrogen and oxygen atoms in total. The molecule has 0 aromatic heterocycles. The van der Waals surface area contributed by atoms with Crippen LogP contribution in [0.25, 0.3) is 0 Å². The van der Waals surface area contributed by atoms with Gasteiger partial charge in [-0.2, -0.15) is 0 Å². The van der Waals surface area contributed by atoms with Gasteiger partial charge in [-0.15, -0.1) is 0 Å². The Morgan fingerprint density at radius 1 is 1.29 bits per heavy atom. The standard InChI is InChI=1S/C16H19N3O5/c20-14(21)12-6-8-16(9-7-12,24-13-4-2-1-3-5-13)18-15(22)19-17-10-11-23-19/h1-5,10-12,17H,6-9H2,(H,18,22)(H,20,21). The van der Waals surface area contributed by atoms with Gasteiger partial charge in [-0.05, 0) is 25.0 Å². The molecule has 0 spiro atoms. The van der Waals surface area contributed by atoms with Gasteiger partial charge in [0.1, 0.15) is 12.0 Å². The molecule has 128 valence electrons. The van der Waals surface area contributed by atoms with Crippen molar-refractivity contribution in [2.24, 2.45) is 5.92 Å². The van der Waals surface area contributed by atoms with Crippen LogP contribution < -0.4 is 15.5 Å². The smallest absolute Gasteiger partial charge is 0.373 e. The average molecular weight is 333 g/mol. The molecule has 2 aliphatic rings. The molecular weight excluding hydrogens is 314 g/mol. The number of carboxylic acids is 1. The Balaban J connectivity index is 1.73. The molecule has 0 bridgehead atoms. The number of hydrogen-bond donors (Lipinski definition) is 3. The first-order chi connectivity index (χ1) is 11.6. The van der Waals surface area contributed by atoms with Crippen molar-refractivity contribution >= 4 is 12.0 Å². The zero-order valence-corrected chi connectivity index (χ0v) is 13.0. The van der Waals surface area contributed by atoms with Gasteiger partial charge in [-0.3, -0.25) is 15.5 Å². The fraction of sp³-hybridized carbons (Fsp3) is 0.375. The molecule has 3 N–H and O–H groups in total. The Labute approximate surface area is 139 Å². The third-order valence-electron chi connectivity index (χ3n) is 4.14. The summed E-state index contributed by atoms with van der Waals surface area (Å²) in [6.07, 6.45) is 4.46. The highest BCUT2D eigenvalue weighted by atomic mass is 16.7. The van der Waals surface area contributed by atoms with Crippen LogP contribution in [0.15, 0.2) is 42.8 Å². The summed E-state index contributed by atoms with van der Waals surface area (Å²) < 4.78 is 6.05. The number of nitrogens with one attached hydrogen (secondary N) is 2. The first-order valence-electron chi connectivity index (χ1n) is 7.75. The highest BCUT2D eigenvalue weighted by Crippen LogP contribution is 2.34. The topological polar surface area (TPSA) is 100 Å². The normalized spacial score (nSPS) is 25.5. The van der Waals surface area contributed by atoms with Gasteiger partial charge in [0.25, 0.3) is 0 Å². The number of para-hydroxylation sites is 1. The number of hydrazine groups is 1. The van der Waals surface area contributed by atoms with Gasteiger partial charge in [0, 0.05) is 12.8 Å². The Kier molecular flexibility index (Phi) is 4.45. The minimum atomic E-state index is -0.974. The van der Waals surface area contributed by atoms with Gasteiger partial charge < -0.3 is 14.7 Å². The van der Waals surface area contributed by atoms with E-state index in [1.807, 2.05) is 18.2 Å². The lowest BCUT2D eigenvalue weighted by molar-refractivity contribution is -0.144. The molecule has 2 amide bonds. The van der Waals surface area contributed by atoms with Gasteiger partial charge in [0.05, 0.1) is 12.1 Å². The zero-order chi connectivity index (χ0) is 17.0. The monoisotopic (exact) mass is 333 g/mol. The third kappa shape index (κ3) is 3.53. The Bertz CT molecular complexity index is 618. The average Bonchev–Trinajstić information content (AvgIpc) is 3.11. The minimum absolute atomic E-state index is 0.395. The van der Waals surface area contributed by atoms with E-state index in [1.165, 1.54) is 12.5 Å². The summed E-state index contributed by atoms with van der Waals surface area (Å²) in [5.41, 5.74) is 1.65. The van der Waals surface area contributed by atoms with E-state index in [2.05, 4.69) is 10.7 Å². The van der Waals surface area contributed by atoms with Crippen molar-refractivity contribution in [2.75, 3.05) is 0 Å². The second kappa shape index (κ2) is 6.69. The van der Waals surface area contributed by atoms with Crippen LogP contribution in [0.2, 0.25) is 0 Å². The van der Waals surface area contributed by atoms with Crippen molar-refractivity contribution in [3.63, 3.8) is 0 Å². The number of nitrogens with zero attached hydrogens (tertiary/aromatic N) is 1. The molecule has 1 aliphatic carbocycles. The second-order valence-corrected chi connectivity index (χ2v) is 5.78. The number of aliphatic carboxylic acids is 1. The van der Waals surface area contributed by atoms with E-state index in [1.54, 1.807) is 12.1 Å². The zero-order valence-electron chi connectivity index (χ0n) is 13.0. The molecule has 1 saturated carbocycles. The van der Waals surface area contributed by atoms with E-state index >= 15 is 0 Å². The Hall–Kier alpha value is -2.90. The summed E-state index contributed by atoms with van der Waals surface area (Å²) in [5, 5.41) is 12.9. The largest absolute Gasteiger partial charge is 0.481 e. The second-order valence-electron chi connectivity index (χ2n) is 5.78. The van der Waals surface area contributed by atoms with Crippen LogP contribution in [-0.4, -0.2) is 28.0 Å². The van der Waals surface area contributed by atoms with Crippen molar-refractivity contribution in [1.82, 2.24) is 15.9 Å². The number of amides is 2. The number of carbonyl (C=O) groups is 2. The molecule has 0 saturated heterocycles. The highest BCUT2D eigenvalue weighted by molar-refractivity contribution is 5.74. The van der Waals surface area contributed by atoms with E-state index in [9.17, 15) is 14.7 Å². The quantitative estimate of drug-likeness (QED) is 0.729. The van der Waals surface area contributed by atoms with Crippen LogP contribution in [0.3, 0.4) is 0 Å². The number of carbonyl (C=O) groups excluding carboxylic acids is 1. The van der Waals surface area contributed by atoms with Crippen LogP contribution in [0.4, 0.5) is 4.79 Å². The molecule has 0 unspecified atom stereocenters. The minimum Gasteiger partial charge on any atom is -0.481 e. The first-order valence-corrected chi connectivity index (χ1v) is 7.75. The van der Waals surface area contributed by atoms with Crippen molar-refractivity contribution in [3.8, 4) is 5.75 Å². The van der Waals surface area contributed by atoms with Gasteiger partial charge in [0.15, 0.2) is 5.72 Å².